The first kappa shape index (κ1) is 19.8. The van der Waals surface area contributed by atoms with Crippen LogP contribution in [0.4, 0.5) is 5.69 Å². The first-order valence-corrected chi connectivity index (χ1v) is 9.99. The Bertz CT molecular complexity index is 861. The van der Waals surface area contributed by atoms with E-state index in [1.54, 1.807) is 44.2 Å². The van der Waals surface area contributed by atoms with E-state index in [0.717, 1.165) is 0 Å². The molecule has 0 aromatic heterocycles. The third-order valence-corrected chi connectivity index (χ3v) is 5.57. The number of hydrogen-bond acceptors (Lipinski definition) is 4. The van der Waals surface area contributed by atoms with Crippen LogP contribution in [0.5, 0.6) is 11.5 Å². The van der Waals surface area contributed by atoms with E-state index in [2.05, 4.69) is 29.6 Å². The van der Waals surface area contributed by atoms with Gasteiger partial charge in [-0.3, -0.25) is 4.79 Å². The highest BCUT2D eigenvalue weighted by Crippen LogP contribution is 2.36. The zero-order valence-corrected chi connectivity index (χ0v) is 16.7. The highest BCUT2D eigenvalue weighted by atomic mass is 32.2. The Kier molecular flexibility index (Phi) is 6.98. The minimum Gasteiger partial charge on any atom is -0.497 e. The van der Waals surface area contributed by atoms with Crippen LogP contribution in [0.15, 0.2) is 78.9 Å². The lowest BCUT2D eigenvalue weighted by Gasteiger charge is -2.18. The molecule has 0 radical (unpaired) electrons. The quantitative estimate of drug-likeness (QED) is 0.574. The van der Waals surface area contributed by atoms with Crippen molar-refractivity contribution in [3.05, 3.63) is 90.0 Å². The van der Waals surface area contributed by atoms with Gasteiger partial charge in [-0.1, -0.05) is 60.7 Å². The fraction of sp³-hybridized carbons (Fsp3) is 0.174. The van der Waals surface area contributed by atoms with Gasteiger partial charge < -0.3 is 14.8 Å². The molecule has 0 aliphatic rings. The summed E-state index contributed by atoms with van der Waals surface area (Å²) in [6, 6.07) is 25.8. The van der Waals surface area contributed by atoms with Crippen LogP contribution in [0, 0.1) is 0 Å². The largest absolute Gasteiger partial charge is 0.497 e. The van der Waals surface area contributed by atoms with E-state index in [9.17, 15) is 4.79 Å². The van der Waals surface area contributed by atoms with E-state index in [0.29, 0.717) is 22.9 Å². The van der Waals surface area contributed by atoms with Crippen molar-refractivity contribution in [2.45, 2.75) is 5.25 Å². The highest BCUT2D eigenvalue weighted by molar-refractivity contribution is 8.00. The fourth-order valence-corrected chi connectivity index (χ4v) is 3.99. The Morgan fingerprint density at radius 1 is 0.893 bits per heavy atom. The van der Waals surface area contributed by atoms with Gasteiger partial charge >= 0.3 is 0 Å². The number of hydrogen-bond donors (Lipinski definition) is 1. The van der Waals surface area contributed by atoms with Crippen molar-refractivity contribution in [2.24, 2.45) is 0 Å². The topological polar surface area (TPSA) is 47.6 Å². The number of thioether (sulfide) groups is 1. The lowest BCUT2D eigenvalue weighted by atomic mass is 10.0. The Labute approximate surface area is 169 Å². The molecule has 0 fully saturated rings. The van der Waals surface area contributed by atoms with Gasteiger partial charge in [-0.25, -0.2) is 0 Å². The molecule has 0 aliphatic carbocycles. The Hall–Kier alpha value is -2.92. The summed E-state index contributed by atoms with van der Waals surface area (Å²) in [5.74, 6) is 1.49. The summed E-state index contributed by atoms with van der Waals surface area (Å²) in [6.07, 6.45) is 0. The van der Waals surface area contributed by atoms with Crippen LogP contribution in [-0.4, -0.2) is 25.9 Å². The van der Waals surface area contributed by atoms with E-state index in [4.69, 9.17) is 9.47 Å². The summed E-state index contributed by atoms with van der Waals surface area (Å²) in [4.78, 5) is 12.6. The first-order valence-electron chi connectivity index (χ1n) is 8.94. The second-order valence-electron chi connectivity index (χ2n) is 6.13. The van der Waals surface area contributed by atoms with Crippen LogP contribution >= 0.6 is 11.8 Å². The number of amides is 1. The van der Waals surface area contributed by atoms with Crippen molar-refractivity contribution in [1.29, 1.82) is 0 Å². The third kappa shape index (κ3) is 5.08. The lowest BCUT2D eigenvalue weighted by molar-refractivity contribution is -0.113. The molecule has 1 N–H and O–H groups in total. The van der Waals surface area contributed by atoms with Gasteiger partial charge in [0.2, 0.25) is 5.91 Å². The van der Waals surface area contributed by atoms with Gasteiger partial charge in [-0.05, 0) is 23.3 Å². The van der Waals surface area contributed by atoms with Crippen molar-refractivity contribution < 1.29 is 14.3 Å². The Morgan fingerprint density at radius 3 is 2.04 bits per heavy atom. The molecule has 3 aromatic carbocycles. The van der Waals surface area contributed by atoms with E-state index in [1.165, 1.54) is 11.1 Å². The standard InChI is InChI=1S/C23H23NO3S/c1-26-19-13-14-21(27-2)20(15-19)24-22(25)16-28-23(17-9-5-3-6-10-17)18-11-7-4-8-12-18/h3-15,23H,16H2,1-2H3,(H,24,25). The maximum absolute atomic E-state index is 12.6. The van der Waals surface area contributed by atoms with E-state index in [-0.39, 0.29) is 11.2 Å². The average molecular weight is 394 g/mol. The Morgan fingerprint density at radius 2 is 1.50 bits per heavy atom. The molecule has 0 atom stereocenters. The number of carbonyl (C=O) groups excluding carboxylic acids is 1. The van der Waals surface area contributed by atoms with Crippen molar-refractivity contribution in [1.82, 2.24) is 0 Å². The molecule has 5 heteroatoms. The zero-order valence-electron chi connectivity index (χ0n) is 15.9. The van der Waals surface area contributed by atoms with E-state index in [1.807, 2.05) is 36.4 Å². The second-order valence-corrected chi connectivity index (χ2v) is 7.22. The molecule has 28 heavy (non-hydrogen) atoms. The number of nitrogens with one attached hydrogen (secondary N) is 1. The van der Waals surface area contributed by atoms with Gasteiger partial charge in [0.15, 0.2) is 0 Å². The van der Waals surface area contributed by atoms with Crippen molar-refractivity contribution in [3.63, 3.8) is 0 Å². The summed E-state index contributed by atoms with van der Waals surface area (Å²) in [5, 5.41) is 3.01. The normalized spacial score (nSPS) is 10.5. The minimum absolute atomic E-state index is 0.0837. The maximum Gasteiger partial charge on any atom is 0.234 e. The van der Waals surface area contributed by atoms with Crippen LogP contribution in [0.1, 0.15) is 16.4 Å². The molecule has 0 heterocycles. The summed E-state index contributed by atoms with van der Waals surface area (Å²) in [6.45, 7) is 0. The van der Waals surface area contributed by atoms with Crippen molar-refractivity contribution in [3.8, 4) is 11.5 Å². The number of anilines is 1. The molecule has 0 unspecified atom stereocenters. The molecule has 4 nitrogen and oxygen atoms in total. The van der Waals surface area contributed by atoms with Gasteiger partial charge in [0.05, 0.1) is 30.9 Å². The molecule has 0 bridgehead atoms. The van der Waals surface area contributed by atoms with Gasteiger partial charge in [-0.15, -0.1) is 11.8 Å². The first-order chi connectivity index (χ1) is 13.7. The van der Waals surface area contributed by atoms with Gasteiger partial charge in [-0.2, -0.15) is 0 Å². The van der Waals surface area contributed by atoms with Crippen LogP contribution < -0.4 is 14.8 Å². The lowest BCUT2D eigenvalue weighted by Crippen LogP contribution is -2.16. The number of ether oxygens (including phenoxy) is 2. The maximum atomic E-state index is 12.6. The molecular weight excluding hydrogens is 370 g/mol. The van der Waals surface area contributed by atoms with Gasteiger partial charge in [0, 0.05) is 6.07 Å². The van der Waals surface area contributed by atoms with Gasteiger partial charge in [0.1, 0.15) is 11.5 Å². The fourth-order valence-electron chi connectivity index (χ4n) is 2.90. The number of rotatable bonds is 8. The summed E-state index contributed by atoms with van der Waals surface area (Å²) in [7, 11) is 3.17. The summed E-state index contributed by atoms with van der Waals surface area (Å²) < 4.78 is 10.6. The SMILES string of the molecule is COc1ccc(OC)c(NC(=O)CSC(c2ccccc2)c2ccccc2)c1. The molecule has 1 amide bonds. The van der Waals surface area contributed by atoms with Crippen LogP contribution in [-0.2, 0) is 4.79 Å². The predicted octanol–water partition coefficient (Wildman–Crippen LogP) is 5.17. The van der Waals surface area contributed by atoms with Crippen LogP contribution in [0.25, 0.3) is 0 Å². The monoisotopic (exact) mass is 393 g/mol. The summed E-state index contributed by atoms with van der Waals surface area (Å²) in [5.41, 5.74) is 2.94. The molecule has 0 saturated heterocycles. The number of benzene rings is 3. The van der Waals surface area contributed by atoms with E-state index < -0.39 is 0 Å². The second kappa shape index (κ2) is 9.85. The average Bonchev–Trinajstić information content (AvgIpc) is 2.75. The number of methoxy groups -OCH3 is 2. The Balaban J connectivity index is 1.73. The molecule has 0 aliphatic heterocycles. The molecular formula is C23H23NO3S. The number of carbonyl (C=O) groups is 1. The highest BCUT2D eigenvalue weighted by Gasteiger charge is 2.17. The van der Waals surface area contributed by atoms with Crippen LogP contribution in [0.2, 0.25) is 0 Å². The zero-order chi connectivity index (χ0) is 19.8. The molecule has 0 saturated carbocycles. The van der Waals surface area contributed by atoms with Crippen molar-refractivity contribution >= 4 is 23.4 Å². The van der Waals surface area contributed by atoms with E-state index >= 15 is 0 Å². The van der Waals surface area contributed by atoms with Crippen molar-refractivity contribution in [2.75, 3.05) is 25.3 Å². The minimum atomic E-state index is -0.0894. The van der Waals surface area contributed by atoms with Gasteiger partial charge in [0.25, 0.3) is 0 Å². The van der Waals surface area contributed by atoms with Crippen LogP contribution in [0.3, 0.4) is 0 Å². The predicted molar refractivity (Wildman–Crippen MR) is 115 cm³/mol. The smallest absolute Gasteiger partial charge is 0.234 e. The molecule has 3 aromatic rings. The third-order valence-electron chi connectivity index (χ3n) is 4.27. The molecule has 0 spiro atoms. The molecule has 144 valence electrons. The summed E-state index contributed by atoms with van der Waals surface area (Å²) >= 11 is 1.59. The molecule has 3 rings (SSSR count).